The van der Waals surface area contributed by atoms with E-state index in [1.165, 1.54) is 22.0 Å². The molecule has 1 aromatic heterocycles. The lowest BCUT2D eigenvalue weighted by molar-refractivity contribution is 0.300. The summed E-state index contributed by atoms with van der Waals surface area (Å²) in [5.74, 6) is 0.871. The Morgan fingerprint density at radius 3 is 2.75 bits per heavy atom. The molecule has 0 atom stereocenters. The third-order valence-electron chi connectivity index (χ3n) is 2.94. The van der Waals surface area contributed by atoms with E-state index in [1.54, 1.807) is 7.11 Å². The lowest BCUT2D eigenvalue weighted by Crippen LogP contribution is -1.90. The van der Waals surface area contributed by atoms with Crippen molar-refractivity contribution in [2.24, 2.45) is 7.05 Å². The van der Waals surface area contributed by atoms with Crippen LogP contribution in [0.2, 0.25) is 0 Å². The Hall–Kier alpha value is -1.48. The molecule has 16 heavy (non-hydrogen) atoms. The van der Waals surface area contributed by atoms with E-state index in [2.05, 4.69) is 17.7 Å². The summed E-state index contributed by atoms with van der Waals surface area (Å²) in [7, 11) is 3.71. The zero-order valence-corrected chi connectivity index (χ0v) is 9.95. The normalized spacial score (nSPS) is 11.0. The van der Waals surface area contributed by atoms with E-state index in [0.717, 1.165) is 5.75 Å². The Kier molecular flexibility index (Phi) is 2.88. The maximum atomic E-state index is 9.04. The molecular formula is C13H17NO2. The summed E-state index contributed by atoms with van der Waals surface area (Å²) in [6, 6.07) is 4.07. The summed E-state index contributed by atoms with van der Waals surface area (Å²) in [6.07, 6.45) is 2.76. The number of aromatic nitrogens is 1. The molecule has 0 aliphatic rings. The average Bonchev–Trinajstić information content (AvgIpc) is 2.56. The van der Waals surface area contributed by atoms with Crippen LogP contribution in [0.15, 0.2) is 18.3 Å². The average molecular weight is 219 g/mol. The Bertz CT molecular complexity index is 514. The lowest BCUT2D eigenvalue weighted by atomic mass is 10.1. The van der Waals surface area contributed by atoms with Crippen LogP contribution in [0.4, 0.5) is 0 Å². The van der Waals surface area contributed by atoms with Crippen LogP contribution >= 0.6 is 0 Å². The largest absolute Gasteiger partial charge is 0.497 e. The molecule has 0 spiro atoms. The van der Waals surface area contributed by atoms with Crippen LogP contribution in [0, 0.1) is 6.92 Å². The van der Waals surface area contributed by atoms with Crippen molar-refractivity contribution in [2.45, 2.75) is 13.3 Å². The SMILES string of the molecule is COc1cc(C)c2c(c1)c(CCO)cn2C. The number of methoxy groups -OCH3 is 1. The topological polar surface area (TPSA) is 34.4 Å². The minimum atomic E-state index is 0.176. The van der Waals surface area contributed by atoms with Crippen LogP contribution in [0.1, 0.15) is 11.1 Å². The Morgan fingerprint density at radius 2 is 2.12 bits per heavy atom. The van der Waals surface area contributed by atoms with E-state index in [0.29, 0.717) is 6.42 Å². The first kappa shape index (κ1) is 11.0. The Morgan fingerprint density at radius 1 is 1.38 bits per heavy atom. The molecule has 0 amide bonds. The van der Waals surface area contributed by atoms with Crippen molar-refractivity contribution in [1.82, 2.24) is 4.57 Å². The predicted octanol–water partition coefficient (Wildman–Crippen LogP) is 2.03. The molecule has 2 aromatic rings. The van der Waals surface area contributed by atoms with Crippen LogP contribution < -0.4 is 4.74 Å². The van der Waals surface area contributed by atoms with E-state index < -0.39 is 0 Å². The highest BCUT2D eigenvalue weighted by molar-refractivity contribution is 5.88. The van der Waals surface area contributed by atoms with Crippen LogP contribution in [-0.4, -0.2) is 23.4 Å². The lowest BCUT2D eigenvalue weighted by Gasteiger charge is -2.05. The van der Waals surface area contributed by atoms with Gasteiger partial charge in [0.1, 0.15) is 5.75 Å². The van der Waals surface area contributed by atoms with Gasteiger partial charge < -0.3 is 14.4 Å². The Labute approximate surface area is 95.3 Å². The number of aliphatic hydroxyl groups excluding tert-OH is 1. The van der Waals surface area contributed by atoms with Gasteiger partial charge in [-0.05, 0) is 36.6 Å². The molecule has 0 bridgehead atoms. The molecule has 1 N–H and O–H groups in total. The maximum absolute atomic E-state index is 9.04. The monoisotopic (exact) mass is 219 g/mol. The number of fused-ring (bicyclic) bond motifs is 1. The van der Waals surface area contributed by atoms with Crippen molar-refractivity contribution in [3.63, 3.8) is 0 Å². The van der Waals surface area contributed by atoms with Crippen molar-refractivity contribution in [1.29, 1.82) is 0 Å². The minimum absolute atomic E-state index is 0.176. The molecule has 1 aromatic carbocycles. The highest BCUT2D eigenvalue weighted by Gasteiger charge is 2.10. The third-order valence-corrected chi connectivity index (χ3v) is 2.94. The Balaban J connectivity index is 2.71. The van der Waals surface area contributed by atoms with Gasteiger partial charge in [-0.25, -0.2) is 0 Å². The number of ether oxygens (including phenoxy) is 1. The molecule has 0 saturated heterocycles. The second-order valence-corrected chi connectivity index (χ2v) is 4.08. The highest BCUT2D eigenvalue weighted by atomic mass is 16.5. The maximum Gasteiger partial charge on any atom is 0.119 e. The summed E-state index contributed by atoms with van der Waals surface area (Å²) >= 11 is 0. The van der Waals surface area contributed by atoms with Gasteiger partial charge in [-0.2, -0.15) is 0 Å². The van der Waals surface area contributed by atoms with Gasteiger partial charge in [-0.1, -0.05) is 0 Å². The summed E-state index contributed by atoms with van der Waals surface area (Å²) in [4.78, 5) is 0. The standard InChI is InChI=1S/C13H17NO2/c1-9-6-11(16-3)7-12-10(4-5-15)8-14(2)13(9)12/h6-8,15H,4-5H2,1-3H3. The molecule has 1 heterocycles. The molecule has 3 nitrogen and oxygen atoms in total. The minimum Gasteiger partial charge on any atom is -0.497 e. The van der Waals surface area contributed by atoms with E-state index in [9.17, 15) is 0 Å². The molecule has 0 saturated carbocycles. The third kappa shape index (κ3) is 1.67. The first-order valence-electron chi connectivity index (χ1n) is 5.40. The number of rotatable bonds is 3. The van der Waals surface area contributed by atoms with Gasteiger partial charge >= 0.3 is 0 Å². The summed E-state index contributed by atoms with van der Waals surface area (Å²) in [6.45, 7) is 2.25. The van der Waals surface area contributed by atoms with Gasteiger partial charge in [0.25, 0.3) is 0 Å². The predicted molar refractivity (Wildman–Crippen MR) is 65.0 cm³/mol. The summed E-state index contributed by atoms with van der Waals surface area (Å²) in [5.41, 5.74) is 3.58. The highest BCUT2D eigenvalue weighted by Crippen LogP contribution is 2.28. The van der Waals surface area contributed by atoms with E-state index in [4.69, 9.17) is 9.84 Å². The van der Waals surface area contributed by atoms with Crippen molar-refractivity contribution in [3.05, 3.63) is 29.5 Å². The van der Waals surface area contributed by atoms with E-state index in [-0.39, 0.29) is 6.61 Å². The van der Waals surface area contributed by atoms with E-state index >= 15 is 0 Å². The van der Waals surface area contributed by atoms with Gasteiger partial charge in [0.15, 0.2) is 0 Å². The molecular weight excluding hydrogens is 202 g/mol. The fourth-order valence-corrected chi connectivity index (χ4v) is 2.26. The zero-order chi connectivity index (χ0) is 11.7. The smallest absolute Gasteiger partial charge is 0.119 e. The number of nitrogens with zero attached hydrogens (tertiary/aromatic N) is 1. The molecule has 0 aliphatic heterocycles. The molecule has 3 heteroatoms. The number of hydrogen-bond donors (Lipinski definition) is 1. The molecule has 0 aliphatic carbocycles. The molecule has 0 radical (unpaired) electrons. The van der Waals surface area contributed by atoms with Crippen molar-refractivity contribution in [3.8, 4) is 5.75 Å². The quantitative estimate of drug-likeness (QED) is 0.857. The van der Waals surface area contributed by atoms with Gasteiger partial charge in [-0.15, -0.1) is 0 Å². The first-order valence-corrected chi connectivity index (χ1v) is 5.40. The fraction of sp³-hybridized carbons (Fsp3) is 0.385. The van der Waals surface area contributed by atoms with Gasteiger partial charge in [0, 0.05) is 25.2 Å². The molecule has 2 rings (SSSR count). The van der Waals surface area contributed by atoms with Crippen LogP contribution in [0.5, 0.6) is 5.75 Å². The summed E-state index contributed by atoms with van der Waals surface area (Å²) < 4.78 is 7.38. The second kappa shape index (κ2) is 4.18. The van der Waals surface area contributed by atoms with Gasteiger partial charge in [-0.3, -0.25) is 0 Å². The van der Waals surface area contributed by atoms with Crippen molar-refractivity contribution >= 4 is 10.9 Å². The zero-order valence-electron chi connectivity index (χ0n) is 9.95. The summed E-state index contributed by atoms with van der Waals surface area (Å²) in [5, 5.41) is 10.2. The van der Waals surface area contributed by atoms with Crippen LogP contribution in [0.25, 0.3) is 10.9 Å². The van der Waals surface area contributed by atoms with Crippen LogP contribution in [-0.2, 0) is 13.5 Å². The number of benzene rings is 1. The van der Waals surface area contributed by atoms with Gasteiger partial charge in [0.05, 0.1) is 12.6 Å². The van der Waals surface area contributed by atoms with Gasteiger partial charge in [0.2, 0.25) is 0 Å². The fourth-order valence-electron chi connectivity index (χ4n) is 2.26. The van der Waals surface area contributed by atoms with Crippen molar-refractivity contribution < 1.29 is 9.84 Å². The molecule has 86 valence electrons. The second-order valence-electron chi connectivity index (χ2n) is 4.08. The number of hydrogen-bond acceptors (Lipinski definition) is 2. The first-order chi connectivity index (χ1) is 7.67. The van der Waals surface area contributed by atoms with Crippen molar-refractivity contribution in [2.75, 3.05) is 13.7 Å². The molecule has 0 unspecified atom stereocenters. The van der Waals surface area contributed by atoms with Crippen LogP contribution in [0.3, 0.4) is 0 Å². The molecule has 0 fully saturated rings. The number of aryl methyl sites for hydroxylation is 2. The number of aliphatic hydroxyl groups is 1. The van der Waals surface area contributed by atoms with E-state index in [1.807, 2.05) is 19.2 Å².